The lowest BCUT2D eigenvalue weighted by molar-refractivity contribution is 0.0950. The minimum absolute atomic E-state index is 0.0455. The quantitative estimate of drug-likeness (QED) is 0.407. The molecule has 0 atom stereocenters. The molecular formula is C25H18ClFN4O2. The molecule has 1 amide bonds. The molecule has 3 N–H and O–H groups in total. The van der Waals surface area contributed by atoms with Gasteiger partial charge in [0.15, 0.2) is 11.5 Å². The lowest BCUT2D eigenvalue weighted by atomic mass is 10.1. The third-order valence-corrected chi connectivity index (χ3v) is 5.22. The van der Waals surface area contributed by atoms with Gasteiger partial charge in [0.2, 0.25) is 5.78 Å². The van der Waals surface area contributed by atoms with Crippen molar-refractivity contribution in [3.05, 3.63) is 112 Å². The molecule has 8 heteroatoms. The van der Waals surface area contributed by atoms with E-state index in [1.54, 1.807) is 24.3 Å². The van der Waals surface area contributed by atoms with Crippen LogP contribution in [0.2, 0.25) is 5.02 Å². The van der Waals surface area contributed by atoms with Crippen molar-refractivity contribution in [3.8, 4) is 11.3 Å². The molecule has 4 aromatic rings. The molecule has 6 nitrogen and oxygen atoms in total. The average molecular weight is 461 g/mol. The largest absolute Gasteiger partial charge is 0.382 e. The number of benzene rings is 3. The number of nitrogen functional groups attached to an aromatic ring is 1. The molecular weight excluding hydrogens is 443 g/mol. The molecule has 1 heterocycles. The molecule has 1 aromatic heterocycles. The summed E-state index contributed by atoms with van der Waals surface area (Å²) < 4.78 is 13.8. The van der Waals surface area contributed by atoms with Crippen LogP contribution in [0.25, 0.3) is 11.3 Å². The number of nitrogens with two attached hydrogens (primary N) is 1. The van der Waals surface area contributed by atoms with Crippen molar-refractivity contribution in [1.29, 1.82) is 0 Å². The van der Waals surface area contributed by atoms with Gasteiger partial charge in [-0.15, -0.1) is 0 Å². The lowest BCUT2D eigenvalue weighted by Crippen LogP contribution is -2.22. The van der Waals surface area contributed by atoms with E-state index in [0.717, 1.165) is 11.6 Å². The first-order valence-corrected chi connectivity index (χ1v) is 10.3. The third-order valence-electron chi connectivity index (χ3n) is 4.91. The maximum atomic E-state index is 13.8. The Balaban J connectivity index is 1.59. The van der Waals surface area contributed by atoms with Gasteiger partial charge in [-0.3, -0.25) is 9.59 Å². The van der Waals surface area contributed by atoms with E-state index in [1.165, 1.54) is 18.3 Å². The van der Waals surface area contributed by atoms with E-state index in [1.807, 2.05) is 30.3 Å². The summed E-state index contributed by atoms with van der Waals surface area (Å²) in [5.74, 6) is -1.65. The topological polar surface area (TPSA) is 98.0 Å². The van der Waals surface area contributed by atoms with Gasteiger partial charge in [0.25, 0.3) is 5.91 Å². The first kappa shape index (κ1) is 22.1. The van der Waals surface area contributed by atoms with Crippen LogP contribution in [0.4, 0.5) is 10.2 Å². The van der Waals surface area contributed by atoms with Crippen molar-refractivity contribution < 1.29 is 14.0 Å². The molecule has 164 valence electrons. The second-order valence-corrected chi connectivity index (χ2v) is 7.60. The van der Waals surface area contributed by atoms with Gasteiger partial charge in [-0.1, -0.05) is 54.1 Å². The van der Waals surface area contributed by atoms with Crippen molar-refractivity contribution in [2.45, 2.75) is 6.54 Å². The highest BCUT2D eigenvalue weighted by molar-refractivity contribution is 6.30. The Morgan fingerprint density at radius 2 is 1.76 bits per heavy atom. The smallest absolute Gasteiger partial charge is 0.251 e. The number of anilines is 1. The van der Waals surface area contributed by atoms with Crippen molar-refractivity contribution in [2.24, 2.45) is 0 Å². The maximum Gasteiger partial charge on any atom is 0.251 e. The maximum absolute atomic E-state index is 13.8. The number of aromatic nitrogens is 2. The number of carbonyl (C=O) groups excluding carboxylic acids is 2. The minimum atomic E-state index is -0.723. The number of rotatable bonds is 6. The molecule has 0 fully saturated rings. The molecule has 0 aliphatic carbocycles. The van der Waals surface area contributed by atoms with Gasteiger partial charge in [0, 0.05) is 23.2 Å². The summed E-state index contributed by atoms with van der Waals surface area (Å²) in [6.45, 7) is 0.391. The van der Waals surface area contributed by atoms with Gasteiger partial charge < -0.3 is 11.1 Å². The van der Waals surface area contributed by atoms with Crippen LogP contribution in [0, 0.1) is 5.82 Å². The van der Waals surface area contributed by atoms with Gasteiger partial charge in [0.05, 0.1) is 16.9 Å². The van der Waals surface area contributed by atoms with Gasteiger partial charge in [-0.2, -0.15) is 0 Å². The zero-order valence-corrected chi connectivity index (χ0v) is 18.0. The second kappa shape index (κ2) is 9.58. The Labute approximate surface area is 194 Å². The number of amides is 1. The SMILES string of the molecule is Nc1ncc(-c2cccc(C(=O)NCc3ccccc3)c2)nc1C(=O)c1ccc(Cl)c(F)c1. The summed E-state index contributed by atoms with van der Waals surface area (Å²) in [6, 6.07) is 20.0. The fraction of sp³-hybridized carbons (Fsp3) is 0.0400. The van der Waals surface area contributed by atoms with E-state index in [-0.39, 0.29) is 28.0 Å². The van der Waals surface area contributed by atoms with Crippen LogP contribution in [0.1, 0.15) is 32.0 Å². The highest BCUT2D eigenvalue weighted by Gasteiger charge is 2.18. The van der Waals surface area contributed by atoms with Gasteiger partial charge >= 0.3 is 0 Å². The zero-order chi connectivity index (χ0) is 23.4. The van der Waals surface area contributed by atoms with Gasteiger partial charge in [-0.25, -0.2) is 14.4 Å². The standard InChI is InChI=1S/C25H18ClFN4O2/c26-19-10-9-17(12-20(19)27)23(32)22-24(28)29-14-21(31-22)16-7-4-8-18(11-16)25(33)30-13-15-5-2-1-3-6-15/h1-12,14H,13H2,(H2,28,29)(H,30,33). The van der Waals surface area contributed by atoms with Crippen LogP contribution < -0.4 is 11.1 Å². The van der Waals surface area contributed by atoms with Crippen molar-refractivity contribution in [3.63, 3.8) is 0 Å². The lowest BCUT2D eigenvalue weighted by Gasteiger charge is -2.09. The monoisotopic (exact) mass is 460 g/mol. The Hall–Kier alpha value is -4.10. The molecule has 0 spiro atoms. The summed E-state index contributed by atoms with van der Waals surface area (Å²) in [4.78, 5) is 33.9. The highest BCUT2D eigenvalue weighted by Crippen LogP contribution is 2.23. The van der Waals surface area contributed by atoms with Crippen LogP contribution in [-0.4, -0.2) is 21.7 Å². The number of hydrogen-bond acceptors (Lipinski definition) is 5. The summed E-state index contributed by atoms with van der Waals surface area (Å²) in [7, 11) is 0. The van der Waals surface area contributed by atoms with Crippen molar-refractivity contribution in [2.75, 3.05) is 5.73 Å². The van der Waals surface area contributed by atoms with Crippen molar-refractivity contribution >= 4 is 29.1 Å². The van der Waals surface area contributed by atoms with Crippen molar-refractivity contribution in [1.82, 2.24) is 15.3 Å². The second-order valence-electron chi connectivity index (χ2n) is 7.20. The number of ketones is 1. The molecule has 0 bridgehead atoms. The van der Waals surface area contributed by atoms with Gasteiger partial charge in [-0.05, 0) is 35.9 Å². The number of halogens is 2. The zero-order valence-electron chi connectivity index (χ0n) is 17.3. The minimum Gasteiger partial charge on any atom is -0.382 e. The van der Waals surface area contributed by atoms with E-state index in [0.29, 0.717) is 23.4 Å². The molecule has 0 aliphatic heterocycles. The molecule has 3 aromatic carbocycles. The molecule has 0 radical (unpaired) electrons. The van der Waals surface area contributed by atoms with E-state index in [9.17, 15) is 14.0 Å². The highest BCUT2D eigenvalue weighted by atomic mass is 35.5. The van der Waals surface area contributed by atoms with Crippen LogP contribution >= 0.6 is 11.6 Å². The predicted octanol–water partition coefficient (Wildman–Crippen LogP) is 4.68. The molecule has 33 heavy (non-hydrogen) atoms. The Kier molecular flexibility index (Phi) is 6.42. The molecule has 0 saturated heterocycles. The van der Waals surface area contributed by atoms with Crippen LogP contribution in [0.3, 0.4) is 0 Å². The van der Waals surface area contributed by atoms with Crippen LogP contribution in [-0.2, 0) is 6.54 Å². The first-order chi connectivity index (χ1) is 15.9. The summed E-state index contributed by atoms with van der Waals surface area (Å²) in [5.41, 5.74) is 8.12. The summed E-state index contributed by atoms with van der Waals surface area (Å²) >= 11 is 5.69. The number of carbonyl (C=O) groups is 2. The fourth-order valence-corrected chi connectivity index (χ4v) is 3.30. The molecule has 0 saturated carbocycles. The van der Waals surface area contributed by atoms with E-state index >= 15 is 0 Å². The normalized spacial score (nSPS) is 10.6. The number of nitrogens with one attached hydrogen (secondary N) is 1. The van der Waals surface area contributed by atoms with E-state index < -0.39 is 11.6 Å². The molecule has 4 rings (SSSR count). The van der Waals surface area contributed by atoms with E-state index in [4.69, 9.17) is 17.3 Å². The predicted molar refractivity (Wildman–Crippen MR) is 124 cm³/mol. The molecule has 0 aliphatic rings. The Bertz CT molecular complexity index is 1350. The molecule has 0 unspecified atom stereocenters. The van der Waals surface area contributed by atoms with E-state index in [2.05, 4.69) is 15.3 Å². The Morgan fingerprint density at radius 1 is 0.970 bits per heavy atom. The summed E-state index contributed by atoms with van der Waals surface area (Å²) in [6.07, 6.45) is 1.41. The first-order valence-electron chi connectivity index (χ1n) is 9.97. The number of nitrogens with zero attached hydrogens (tertiary/aromatic N) is 2. The fourth-order valence-electron chi connectivity index (χ4n) is 3.18. The third kappa shape index (κ3) is 5.05. The van der Waals surface area contributed by atoms with Crippen LogP contribution in [0.15, 0.2) is 79.0 Å². The van der Waals surface area contributed by atoms with Gasteiger partial charge in [0.1, 0.15) is 5.82 Å². The van der Waals surface area contributed by atoms with Crippen LogP contribution in [0.5, 0.6) is 0 Å². The summed E-state index contributed by atoms with van der Waals surface area (Å²) in [5, 5.41) is 2.77. The average Bonchev–Trinajstić information content (AvgIpc) is 2.85. The Morgan fingerprint density at radius 3 is 2.52 bits per heavy atom. The number of hydrogen-bond donors (Lipinski definition) is 2.